The van der Waals surface area contributed by atoms with E-state index in [9.17, 15) is 27.6 Å². The first-order valence-electron chi connectivity index (χ1n) is 10.0. The molecule has 3 aromatic rings. The van der Waals surface area contributed by atoms with Crippen molar-refractivity contribution in [2.45, 2.75) is 17.9 Å². The zero-order valence-electron chi connectivity index (χ0n) is 18.3. The summed E-state index contributed by atoms with van der Waals surface area (Å²) in [4.78, 5) is 55.0. The van der Waals surface area contributed by atoms with Gasteiger partial charge in [-0.2, -0.15) is 0 Å². The summed E-state index contributed by atoms with van der Waals surface area (Å²) in [7, 11) is -0.844. The maximum Gasteiger partial charge on any atom is 0.332 e. The SMILES string of the molecule is Cn1c(=O)c2c(ncn2CC(=O)N2CCCN2C(=O)c2ccccc2S(C)(=O)=O)n(C)c1=O. The van der Waals surface area contributed by atoms with Gasteiger partial charge in [-0.3, -0.25) is 23.5 Å². The Morgan fingerprint density at radius 2 is 1.70 bits per heavy atom. The van der Waals surface area contributed by atoms with Crippen LogP contribution in [-0.2, 0) is 35.3 Å². The van der Waals surface area contributed by atoms with Crippen LogP contribution < -0.4 is 11.2 Å². The van der Waals surface area contributed by atoms with Gasteiger partial charge in [0.2, 0.25) is 0 Å². The quantitative estimate of drug-likeness (QED) is 0.479. The van der Waals surface area contributed by atoms with Crippen LogP contribution in [0.3, 0.4) is 0 Å². The molecule has 1 saturated heterocycles. The molecule has 174 valence electrons. The van der Waals surface area contributed by atoms with Crippen LogP contribution in [0, 0.1) is 0 Å². The molecule has 0 aliphatic carbocycles. The number of hydrogen-bond donors (Lipinski definition) is 0. The molecule has 4 rings (SSSR count). The molecule has 0 atom stereocenters. The Balaban J connectivity index is 1.66. The van der Waals surface area contributed by atoms with Gasteiger partial charge in [0.25, 0.3) is 17.4 Å². The average Bonchev–Trinajstić information content (AvgIpc) is 3.43. The molecule has 1 aliphatic rings. The first kappa shape index (κ1) is 22.5. The van der Waals surface area contributed by atoms with E-state index >= 15 is 0 Å². The standard InChI is InChI=1S/C20H22N6O6S/c1-22-17-16(19(29)23(2)20(22)30)24(12-21-17)11-15(27)25-9-6-10-26(25)18(28)13-7-4-5-8-14(13)33(3,31)32/h4-5,7-8,12H,6,9-11H2,1-3H3. The van der Waals surface area contributed by atoms with Gasteiger partial charge in [-0.25, -0.2) is 28.2 Å². The smallest absolute Gasteiger partial charge is 0.315 e. The largest absolute Gasteiger partial charge is 0.332 e. The van der Waals surface area contributed by atoms with Gasteiger partial charge in [0.15, 0.2) is 21.0 Å². The predicted octanol–water partition coefficient (Wildman–Crippen LogP) is -0.873. The van der Waals surface area contributed by atoms with Gasteiger partial charge < -0.3 is 4.57 Å². The van der Waals surface area contributed by atoms with Crippen LogP contribution in [0.15, 0.2) is 45.1 Å². The molecular formula is C20H22N6O6S. The first-order chi connectivity index (χ1) is 15.5. The van der Waals surface area contributed by atoms with Crippen molar-refractivity contribution in [3.8, 4) is 0 Å². The number of rotatable bonds is 4. The van der Waals surface area contributed by atoms with Crippen molar-refractivity contribution in [3.63, 3.8) is 0 Å². The van der Waals surface area contributed by atoms with Crippen LogP contribution in [0.4, 0.5) is 0 Å². The highest BCUT2D eigenvalue weighted by atomic mass is 32.2. The second kappa shape index (κ2) is 7.99. The topological polar surface area (TPSA) is 137 Å². The highest BCUT2D eigenvalue weighted by molar-refractivity contribution is 7.90. The highest BCUT2D eigenvalue weighted by Gasteiger charge is 2.33. The van der Waals surface area contributed by atoms with Gasteiger partial charge in [0.1, 0.15) is 6.54 Å². The number of amides is 2. The fourth-order valence-electron chi connectivity index (χ4n) is 3.93. The van der Waals surface area contributed by atoms with Gasteiger partial charge in [-0.15, -0.1) is 0 Å². The van der Waals surface area contributed by atoms with Crippen molar-refractivity contribution in [2.24, 2.45) is 14.1 Å². The molecule has 2 amide bonds. The van der Waals surface area contributed by atoms with Gasteiger partial charge in [0, 0.05) is 33.4 Å². The van der Waals surface area contributed by atoms with Crippen LogP contribution >= 0.6 is 0 Å². The number of hydrazine groups is 1. The molecule has 3 heterocycles. The van der Waals surface area contributed by atoms with Crippen molar-refractivity contribution in [1.82, 2.24) is 28.7 Å². The lowest BCUT2D eigenvalue weighted by Crippen LogP contribution is -2.46. The Labute approximate surface area is 188 Å². The number of aromatic nitrogens is 4. The lowest BCUT2D eigenvalue weighted by molar-refractivity contribution is -0.141. The molecule has 12 nitrogen and oxygen atoms in total. The Morgan fingerprint density at radius 1 is 1.03 bits per heavy atom. The average molecular weight is 474 g/mol. The summed E-state index contributed by atoms with van der Waals surface area (Å²) in [5.74, 6) is -1.08. The second-order valence-corrected chi connectivity index (χ2v) is 9.80. The van der Waals surface area contributed by atoms with E-state index in [-0.39, 0.29) is 41.3 Å². The summed E-state index contributed by atoms with van der Waals surface area (Å²) in [5.41, 5.74) is -0.906. The van der Waals surface area contributed by atoms with Gasteiger partial charge in [-0.1, -0.05) is 12.1 Å². The lowest BCUT2D eigenvalue weighted by atomic mass is 10.2. The van der Waals surface area contributed by atoms with Crippen LogP contribution in [0.1, 0.15) is 16.8 Å². The predicted molar refractivity (Wildman–Crippen MR) is 117 cm³/mol. The Bertz CT molecular complexity index is 1520. The van der Waals surface area contributed by atoms with Gasteiger partial charge >= 0.3 is 5.69 Å². The Morgan fingerprint density at radius 3 is 2.39 bits per heavy atom. The number of aryl methyl sites for hydroxylation is 1. The summed E-state index contributed by atoms with van der Waals surface area (Å²) >= 11 is 0. The minimum atomic E-state index is -3.66. The number of sulfone groups is 1. The van der Waals surface area contributed by atoms with Crippen molar-refractivity contribution in [2.75, 3.05) is 19.3 Å². The summed E-state index contributed by atoms with van der Waals surface area (Å²) in [6.45, 7) is 0.208. The van der Waals surface area contributed by atoms with Crippen molar-refractivity contribution >= 4 is 32.8 Å². The second-order valence-electron chi connectivity index (χ2n) is 7.82. The monoisotopic (exact) mass is 474 g/mol. The van der Waals surface area contributed by atoms with E-state index in [4.69, 9.17) is 0 Å². The summed E-state index contributed by atoms with van der Waals surface area (Å²) in [6, 6.07) is 5.84. The van der Waals surface area contributed by atoms with E-state index in [2.05, 4.69) is 4.98 Å². The van der Waals surface area contributed by atoms with E-state index in [1.165, 1.54) is 57.8 Å². The molecule has 0 saturated carbocycles. The van der Waals surface area contributed by atoms with Crippen LogP contribution in [-0.4, -0.2) is 68.3 Å². The summed E-state index contributed by atoms with van der Waals surface area (Å²) in [6.07, 6.45) is 2.83. The van der Waals surface area contributed by atoms with Gasteiger partial charge in [-0.05, 0) is 18.6 Å². The first-order valence-corrected chi connectivity index (χ1v) is 11.9. The number of nitrogens with zero attached hydrogens (tertiary/aromatic N) is 6. The lowest BCUT2D eigenvalue weighted by Gasteiger charge is -2.28. The molecule has 13 heteroatoms. The van der Waals surface area contributed by atoms with E-state index in [1.54, 1.807) is 6.07 Å². The van der Waals surface area contributed by atoms with Crippen molar-refractivity contribution in [3.05, 3.63) is 57.0 Å². The molecular weight excluding hydrogens is 452 g/mol. The zero-order valence-corrected chi connectivity index (χ0v) is 19.1. The highest BCUT2D eigenvalue weighted by Crippen LogP contribution is 2.21. The van der Waals surface area contributed by atoms with Crippen molar-refractivity contribution < 1.29 is 18.0 Å². The third kappa shape index (κ3) is 3.73. The third-order valence-electron chi connectivity index (χ3n) is 5.59. The maximum absolute atomic E-state index is 13.2. The fourth-order valence-corrected chi connectivity index (χ4v) is 4.81. The molecule has 1 fully saturated rings. The number of fused-ring (bicyclic) bond motifs is 1. The summed E-state index contributed by atoms with van der Waals surface area (Å²) in [5, 5.41) is 2.47. The van der Waals surface area contributed by atoms with Crippen molar-refractivity contribution in [1.29, 1.82) is 0 Å². The number of imidazole rings is 1. The number of hydrogen-bond acceptors (Lipinski definition) is 7. The molecule has 0 spiro atoms. The fraction of sp³-hybridized carbons (Fsp3) is 0.350. The van der Waals surface area contributed by atoms with E-state index in [1.807, 2.05) is 0 Å². The van der Waals surface area contributed by atoms with Gasteiger partial charge in [0.05, 0.1) is 16.8 Å². The number of benzene rings is 1. The molecule has 0 radical (unpaired) electrons. The minimum absolute atomic E-state index is 0.0170. The third-order valence-corrected chi connectivity index (χ3v) is 6.75. The molecule has 0 unspecified atom stereocenters. The van der Waals surface area contributed by atoms with E-state index < -0.39 is 32.9 Å². The van der Waals surface area contributed by atoms with Crippen LogP contribution in [0.2, 0.25) is 0 Å². The number of carbonyl (C=O) groups is 2. The molecule has 1 aromatic carbocycles. The molecule has 33 heavy (non-hydrogen) atoms. The Kier molecular flexibility index (Phi) is 5.44. The molecule has 0 bridgehead atoms. The normalized spacial score (nSPS) is 14.3. The molecule has 2 aromatic heterocycles. The Hall–Kier alpha value is -3.74. The zero-order chi connectivity index (χ0) is 24.1. The van der Waals surface area contributed by atoms with Crippen LogP contribution in [0.5, 0.6) is 0 Å². The summed E-state index contributed by atoms with van der Waals surface area (Å²) < 4.78 is 27.7. The minimum Gasteiger partial charge on any atom is -0.315 e. The molecule has 0 N–H and O–H groups in total. The molecule has 1 aliphatic heterocycles. The van der Waals surface area contributed by atoms with Crippen LogP contribution in [0.25, 0.3) is 11.2 Å². The van der Waals surface area contributed by atoms with E-state index in [0.29, 0.717) is 6.42 Å². The van der Waals surface area contributed by atoms with E-state index in [0.717, 1.165) is 10.8 Å². The number of carbonyl (C=O) groups excluding carboxylic acids is 2. The maximum atomic E-state index is 13.2.